The quantitative estimate of drug-likeness (QED) is 0.464. The predicted molar refractivity (Wildman–Crippen MR) is 126 cm³/mol. The molecule has 1 aliphatic rings. The van der Waals surface area contributed by atoms with E-state index in [9.17, 15) is 9.18 Å². The van der Waals surface area contributed by atoms with Crippen LogP contribution in [0.3, 0.4) is 0 Å². The largest absolute Gasteiger partial charge is 0.490 e. The van der Waals surface area contributed by atoms with Gasteiger partial charge in [0.25, 0.3) is 0 Å². The van der Waals surface area contributed by atoms with Crippen molar-refractivity contribution in [2.75, 3.05) is 13.6 Å². The van der Waals surface area contributed by atoms with E-state index in [-0.39, 0.29) is 18.0 Å². The number of carbonyl (C=O) groups is 1. The number of nitrogens with zero attached hydrogens (tertiary/aromatic N) is 2. The molecule has 0 bridgehead atoms. The highest BCUT2D eigenvalue weighted by Gasteiger charge is 2.18. The van der Waals surface area contributed by atoms with Crippen LogP contribution in [0, 0.1) is 5.82 Å². The molecule has 1 heterocycles. The molecule has 0 saturated heterocycles. The number of aryl methyl sites for hydroxylation is 1. The molecule has 0 radical (unpaired) electrons. The van der Waals surface area contributed by atoms with Gasteiger partial charge in [-0.15, -0.1) is 0 Å². The topological polar surface area (TPSA) is 70.2 Å². The average molecular weight is 451 g/mol. The summed E-state index contributed by atoms with van der Waals surface area (Å²) in [6.45, 7) is 1.05. The minimum absolute atomic E-state index is 0.115. The van der Waals surface area contributed by atoms with Gasteiger partial charge in [0, 0.05) is 37.0 Å². The van der Waals surface area contributed by atoms with Gasteiger partial charge in [-0.05, 0) is 62.8 Å². The fourth-order valence-corrected chi connectivity index (χ4v) is 4.15. The number of nitrogens with one attached hydrogen (secondary N) is 2. The Kier molecular flexibility index (Phi) is 7.60. The van der Waals surface area contributed by atoms with Crippen molar-refractivity contribution >= 4 is 6.03 Å². The van der Waals surface area contributed by atoms with Crippen molar-refractivity contribution in [2.45, 2.75) is 51.2 Å². The highest BCUT2D eigenvalue weighted by molar-refractivity contribution is 5.73. The highest BCUT2D eigenvalue weighted by atomic mass is 19.1. The van der Waals surface area contributed by atoms with Crippen LogP contribution in [0.2, 0.25) is 0 Å². The first-order valence-corrected chi connectivity index (χ1v) is 11.6. The van der Waals surface area contributed by atoms with E-state index in [1.807, 2.05) is 36.4 Å². The van der Waals surface area contributed by atoms with Crippen molar-refractivity contribution in [1.82, 2.24) is 20.4 Å². The van der Waals surface area contributed by atoms with E-state index in [0.717, 1.165) is 48.3 Å². The lowest BCUT2D eigenvalue weighted by Gasteiger charge is -2.20. The number of ether oxygens (including phenoxy) is 1. The Bertz CT molecular complexity index is 1060. The molecule has 2 N–H and O–H groups in total. The monoisotopic (exact) mass is 450 g/mol. The SMILES string of the molecule is CN(CCCc1cc(-c2cccc(F)c2)n[nH]1)C(=O)NCc1ccccc1OC1CCCC1. The maximum Gasteiger partial charge on any atom is 0.317 e. The van der Waals surface area contributed by atoms with Crippen LogP contribution in [-0.4, -0.2) is 40.8 Å². The molecule has 1 saturated carbocycles. The van der Waals surface area contributed by atoms with Crippen LogP contribution >= 0.6 is 0 Å². The Hall–Kier alpha value is -3.35. The molecular formula is C26H31FN4O2. The molecule has 2 aromatic carbocycles. The number of aromatic nitrogens is 2. The summed E-state index contributed by atoms with van der Waals surface area (Å²) in [5.74, 6) is 0.582. The number of urea groups is 1. The average Bonchev–Trinajstić information content (AvgIpc) is 3.50. The fourth-order valence-electron chi connectivity index (χ4n) is 4.15. The van der Waals surface area contributed by atoms with E-state index in [1.165, 1.54) is 25.0 Å². The summed E-state index contributed by atoms with van der Waals surface area (Å²) in [4.78, 5) is 14.2. The number of carbonyl (C=O) groups excluding carboxylic acids is 1. The highest BCUT2D eigenvalue weighted by Crippen LogP contribution is 2.26. The number of rotatable bonds is 9. The molecule has 3 aromatic rings. The normalized spacial score (nSPS) is 13.8. The standard InChI is InChI=1S/C26H31FN4O2/c1-31(15-7-11-22-17-24(30-29-22)19-9-6-10-21(27)16-19)26(32)28-18-20-8-2-5-14-25(20)33-23-12-3-4-13-23/h2,5-6,8-10,14,16-17,23H,3-4,7,11-13,15,18H2,1H3,(H,28,32)(H,29,30). The number of para-hydroxylation sites is 1. The molecule has 1 aromatic heterocycles. The van der Waals surface area contributed by atoms with Crippen molar-refractivity contribution in [3.63, 3.8) is 0 Å². The van der Waals surface area contributed by atoms with Crippen LogP contribution in [0.4, 0.5) is 9.18 Å². The van der Waals surface area contributed by atoms with Gasteiger partial charge < -0.3 is 15.0 Å². The summed E-state index contributed by atoms with van der Waals surface area (Å²) in [7, 11) is 1.79. The van der Waals surface area contributed by atoms with Crippen molar-refractivity contribution in [3.8, 4) is 17.0 Å². The molecule has 2 amide bonds. The Morgan fingerprint density at radius 2 is 2.00 bits per heavy atom. The molecule has 0 aliphatic heterocycles. The third-order valence-electron chi connectivity index (χ3n) is 6.04. The molecule has 1 fully saturated rings. The maximum absolute atomic E-state index is 13.4. The molecule has 6 nitrogen and oxygen atoms in total. The third kappa shape index (κ3) is 6.34. The molecule has 33 heavy (non-hydrogen) atoms. The second-order valence-electron chi connectivity index (χ2n) is 8.60. The van der Waals surface area contributed by atoms with Crippen LogP contribution < -0.4 is 10.1 Å². The van der Waals surface area contributed by atoms with Gasteiger partial charge in [0.05, 0.1) is 11.8 Å². The Morgan fingerprint density at radius 3 is 2.82 bits per heavy atom. The van der Waals surface area contributed by atoms with Crippen LogP contribution in [-0.2, 0) is 13.0 Å². The molecule has 0 atom stereocenters. The first kappa shape index (κ1) is 22.8. The summed E-state index contributed by atoms with van der Waals surface area (Å²) in [5.41, 5.74) is 3.41. The van der Waals surface area contributed by atoms with Gasteiger partial charge in [-0.2, -0.15) is 5.10 Å². The van der Waals surface area contributed by atoms with Crippen molar-refractivity contribution < 1.29 is 13.9 Å². The Labute approximate surface area is 194 Å². The number of hydrogen-bond acceptors (Lipinski definition) is 3. The fraction of sp³-hybridized carbons (Fsp3) is 0.385. The summed E-state index contributed by atoms with van der Waals surface area (Å²) >= 11 is 0. The van der Waals surface area contributed by atoms with Gasteiger partial charge in [-0.1, -0.05) is 30.3 Å². The van der Waals surface area contributed by atoms with Gasteiger partial charge in [-0.25, -0.2) is 9.18 Å². The van der Waals surface area contributed by atoms with Gasteiger partial charge in [-0.3, -0.25) is 5.10 Å². The predicted octanol–water partition coefficient (Wildman–Crippen LogP) is 5.31. The zero-order chi connectivity index (χ0) is 23.0. The summed E-state index contributed by atoms with van der Waals surface area (Å²) in [6.07, 6.45) is 6.47. The number of amides is 2. The van der Waals surface area contributed by atoms with Crippen molar-refractivity contribution in [2.24, 2.45) is 0 Å². The van der Waals surface area contributed by atoms with Crippen LogP contribution in [0.5, 0.6) is 5.75 Å². The lowest BCUT2D eigenvalue weighted by atomic mass is 10.1. The minimum atomic E-state index is -0.280. The molecule has 0 spiro atoms. The zero-order valence-electron chi connectivity index (χ0n) is 19.0. The van der Waals surface area contributed by atoms with E-state index in [0.29, 0.717) is 18.8 Å². The molecule has 0 unspecified atom stereocenters. The number of halogens is 1. The van der Waals surface area contributed by atoms with Gasteiger partial charge >= 0.3 is 6.03 Å². The first-order valence-electron chi connectivity index (χ1n) is 11.6. The molecule has 174 valence electrons. The van der Waals surface area contributed by atoms with Crippen LogP contribution in [0.15, 0.2) is 54.6 Å². The third-order valence-corrected chi connectivity index (χ3v) is 6.04. The van der Waals surface area contributed by atoms with Gasteiger partial charge in [0.1, 0.15) is 11.6 Å². The second-order valence-corrected chi connectivity index (χ2v) is 8.60. The summed E-state index contributed by atoms with van der Waals surface area (Å²) < 4.78 is 19.6. The Balaban J connectivity index is 1.22. The second kappa shape index (κ2) is 11.0. The lowest BCUT2D eigenvalue weighted by molar-refractivity contribution is 0.203. The summed E-state index contributed by atoms with van der Waals surface area (Å²) in [5, 5.41) is 10.3. The van der Waals surface area contributed by atoms with E-state index in [2.05, 4.69) is 15.5 Å². The van der Waals surface area contributed by atoms with Crippen LogP contribution in [0.1, 0.15) is 43.4 Å². The molecular weight excluding hydrogens is 419 g/mol. The van der Waals surface area contributed by atoms with E-state index >= 15 is 0 Å². The minimum Gasteiger partial charge on any atom is -0.490 e. The smallest absolute Gasteiger partial charge is 0.317 e. The lowest BCUT2D eigenvalue weighted by Crippen LogP contribution is -2.37. The Morgan fingerprint density at radius 1 is 1.18 bits per heavy atom. The van der Waals surface area contributed by atoms with Crippen molar-refractivity contribution in [3.05, 3.63) is 71.7 Å². The zero-order valence-corrected chi connectivity index (χ0v) is 19.0. The summed E-state index contributed by atoms with van der Waals surface area (Å²) in [6, 6.07) is 16.1. The molecule has 7 heteroatoms. The number of H-pyrrole nitrogens is 1. The van der Waals surface area contributed by atoms with Gasteiger partial charge in [0.2, 0.25) is 0 Å². The number of benzene rings is 2. The van der Waals surface area contributed by atoms with Crippen molar-refractivity contribution in [1.29, 1.82) is 0 Å². The maximum atomic E-state index is 13.4. The van der Waals surface area contributed by atoms with E-state index < -0.39 is 0 Å². The van der Waals surface area contributed by atoms with Crippen LogP contribution in [0.25, 0.3) is 11.3 Å². The van der Waals surface area contributed by atoms with E-state index in [4.69, 9.17) is 4.74 Å². The molecule has 4 rings (SSSR count). The number of aromatic amines is 1. The van der Waals surface area contributed by atoms with E-state index in [1.54, 1.807) is 18.0 Å². The molecule has 1 aliphatic carbocycles. The first-order chi connectivity index (χ1) is 16.1. The van der Waals surface area contributed by atoms with Gasteiger partial charge in [0.15, 0.2) is 0 Å². The number of hydrogen-bond donors (Lipinski definition) is 2.